The van der Waals surface area contributed by atoms with Crippen LogP contribution in [0.1, 0.15) is 30.0 Å². The molecule has 7 nitrogen and oxygen atoms in total. The summed E-state index contributed by atoms with van der Waals surface area (Å²) in [5.74, 6) is 2.11. The van der Waals surface area contributed by atoms with Crippen LogP contribution in [-0.4, -0.2) is 33.5 Å². The summed E-state index contributed by atoms with van der Waals surface area (Å²) < 4.78 is 13.2. The van der Waals surface area contributed by atoms with E-state index in [-0.39, 0.29) is 17.8 Å². The molecule has 2 aromatic carbocycles. The molecule has 1 N–H and O–H groups in total. The van der Waals surface area contributed by atoms with Crippen LogP contribution < -0.4 is 14.8 Å². The molecule has 1 atom stereocenters. The standard InChI is InChI=1S/C22H26N4O3S/c1-14-9-8-10-17(15(14)2)23-20(27)13-30-22-25-24-21(26(22)4)16(3)29-19-12-7-6-11-18(19)28-5/h6-12,16H,13H2,1-5H3,(H,23,27). The van der Waals surface area contributed by atoms with Crippen molar-refractivity contribution >= 4 is 23.4 Å². The van der Waals surface area contributed by atoms with E-state index in [1.165, 1.54) is 11.8 Å². The molecule has 0 spiro atoms. The van der Waals surface area contributed by atoms with Gasteiger partial charge in [-0.05, 0) is 50.1 Å². The summed E-state index contributed by atoms with van der Waals surface area (Å²) in [7, 11) is 3.47. The van der Waals surface area contributed by atoms with Gasteiger partial charge in [-0.25, -0.2) is 0 Å². The van der Waals surface area contributed by atoms with E-state index in [1.807, 2.05) is 74.9 Å². The zero-order chi connectivity index (χ0) is 21.7. The number of carbonyl (C=O) groups excluding carboxylic acids is 1. The summed E-state index contributed by atoms with van der Waals surface area (Å²) in [6, 6.07) is 13.3. The number of para-hydroxylation sites is 2. The van der Waals surface area contributed by atoms with Crippen molar-refractivity contribution in [1.82, 2.24) is 14.8 Å². The molecule has 0 aliphatic rings. The minimum absolute atomic E-state index is 0.0865. The third-order valence-corrected chi connectivity index (χ3v) is 5.84. The number of benzene rings is 2. The monoisotopic (exact) mass is 426 g/mol. The predicted molar refractivity (Wildman–Crippen MR) is 118 cm³/mol. The van der Waals surface area contributed by atoms with E-state index >= 15 is 0 Å². The van der Waals surface area contributed by atoms with Crippen LogP contribution in [0, 0.1) is 13.8 Å². The molecule has 3 aromatic rings. The first kappa shape index (κ1) is 21.7. The van der Waals surface area contributed by atoms with E-state index in [0.717, 1.165) is 16.8 Å². The second kappa shape index (κ2) is 9.67. The lowest BCUT2D eigenvalue weighted by Gasteiger charge is -2.16. The molecule has 1 aromatic heterocycles. The van der Waals surface area contributed by atoms with Gasteiger partial charge in [0, 0.05) is 12.7 Å². The van der Waals surface area contributed by atoms with Crippen LogP contribution in [0.2, 0.25) is 0 Å². The fourth-order valence-electron chi connectivity index (χ4n) is 2.97. The number of carbonyl (C=O) groups is 1. The Bertz CT molecular complexity index is 1030. The van der Waals surface area contributed by atoms with Gasteiger partial charge in [0.15, 0.2) is 28.6 Å². The van der Waals surface area contributed by atoms with E-state index in [9.17, 15) is 4.79 Å². The molecule has 1 heterocycles. The van der Waals surface area contributed by atoms with Crippen LogP contribution in [0.4, 0.5) is 5.69 Å². The van der Waals surface area contributed by atoms with Gasteiger partial charge in [0.25, 0.3) is 0 Å². The zero-order valence-electron chi connectivity index (χ0n) is 17.8. The molecule has 0 saturated heterocycles. The molecule has 3 rings (SSSR count). The largest absolute Gasteiger partial charge is 0.493 e. The number of ether oxygens (including phenoxy) is 2. The number of amides is 1. The minimum Gasteiger partial charge on any atom is -0.493 e. The average molecular weight is 427 g/mol. The molecule has 0 radical (unpaired) electrons. The Morgan fingerprint density at radius 3 is 2.60 bits per heavy atom. The molecule has 0 saturated carbocycles. The number of anilines is 1. The second-order valence-electron chi connectivity index (χ2n) is 6.90. The molecule has 0 aliphatic heterocycles. The van der Waals surface area contributed by atoms with Gasteiger partial charge in [0.2, 0.25) is 5.91 Å². The number of aromatic nitrogens is 3. The summed E-state index contributed by atoms with van der Waals surface area (Å²) in [5.41, 5.74) is 3.04. The molecule has 0 bridgehead atoms. The number of thioether (sulfide) groups is 1. The summed E-state index contributed by atoms with van der Waals surface area (Å²) in [4.78, 5) is 12.4. The van der Waals surface area contributed by atoms with Gasteiger partial charge in [0.1, 0.15) is 0 Å². The number of methoxy groups -OCH3 is 1. The first-order valence-electron chi connectivity index (χ1n) is 9.58. The van der Waals surface area contributed by atoms with Crippen LogP contribution in [-0.2, 0) is 11.8 Å². The van der Waals surface area contributed by atoms with E-state index in [2.05, 4.69) is 15.5 Å². The number of nitrogens with zero attached hydrogens (tertiary/aromatic N) is 3. The van der Waals surface area contributed by atoms with Crippen LogP contribution >= 0.6 is 11.8 Å². The third-order valence-electron chi connectivity index (χ3n) is 4.82. The SMILES string of the molecule is COc1ccccc1OC(C)c1nnc(SCC(=O)Nc2cccc(C)c2C)n1C. The molecule has 0 fully saturated rings. The Balaban J connectivity index is 1.62. The highest BCUT2D eigenvalue weighted by Crippen LogP contribution is 2.30. The number of aryl methyl sites for hydroxylation is 1. The fraction of sp³-hybridized carbons (Fsp3) is 0.318. The highest BCUT2D eigenvalue weighted by Gasteiger charge is 2.19. The first-order valence-corrected chi connectivity index (χ1v) is 10.6. The molecule has 30 heavy (non-hydrogen) atoms. The van der Waals surface area contributed by atoms with E-state index in [4.69, 9.17) is 9.47 Å². The molecule has 1 unspecified atom stereocenters. The van der Waals surface area contributed by atoms with Gasteiger partial charge in [-0.15, -0.1) is 10.2 Å². The summed E-state index contributed by atoms with van der Waals surface area (Å²) in [6.45, 7) is 5.92. The van der Waals surface area contributed by atoms with Crippen molar-refractivity contribution in [2.75, 3.05) is 18.2 Å². The van der Waals surface area contributed by atoms with Gasteiger partial charge >= 0.3 is 0 Å². The summed E-state index contributed by atoms with van der Waals surface area (Å²) in [5, 5.41) is 12.1. The van der Waals surface area contributed by atoms with Crippen molar-refractivity contribution < 1.29 is 14.3 Å². The lowest BCUT2D eigenvalue weighted by Crippen LogP contribution is -2.15. The second-order valence-corrected chi connectivity index (χ2v) is 7.84. The molecular weight excluding hydrogens is 400 g/mol. The zero-order valence-corrected chi connectivity index (χ0v) is 18.6. The molecule has 1 amide bonds. The average Bonchev–Trinajstić information content (AvgIpc) is 3.11. The Morgan fingerprint density at radius 1 is 1.13 bits per heavy atom. The van der Waals surface area contributed by atoms with Crippen LogP contribution in [0.15, 0.2) is 47.6 Å². The van der Waals surface area contributed by atoms with Crippen molar-refractivity contribution in [2.24, 2.45) is 7.05 Å². The number of nitrogens with one attached hydrogen (secondary N) is 1. The lowest BCUT2D eigenvalue weighted by atomic mass is 10.1. The number of hydrogen-bond donors (Lipinski definition) is 1. The molecular formula is C22H26N4O3S. The maximum Gasteiger partial charge on any atom is 0.234 e. The summed E-state index contributed by atoms with van der Waals surface area (Å²) in [6.07, 6.45) is -0.336. The fourth-order valence-corrected chi connectivity index (χ4v) is 3.69. The van der Waals surface area contributed by atoms with Crippen LogP contribution in [0.3, 0.4) is 0 Å². The third kappa shape index (κ3) is 4.94. The Morgan fingerprint density at radius 2 is 1.87 bits per heavy atom. The van der Waals surface area contributed by atoms with Crippen LogP contribution in [0.5, 0.6) is 11.5 Å². The van der Waals surface area contributed by atoms with Gasteiger partial charge in [-0.1, -0.05) is 36.0 Å². The maximum atomic E-state index is 12.4. The highest BCUT2D eigenvalue weighted by molar-refractivity contribution is 7.99. The van der Waals surface area contributed by atoms with Gasteiger partial charge in [-0.2, -0.15) is 0 Å². The van der Waals surface area contributed by atoms with Crippen molar-refractivity contribution in [3.8, 4) is 11.5 Å². The smallest absolute Gasteiger partial charge is 0.234 e. The van der Waals surface area contributed by atoms with Crippen LogP contribution in [0.25, 0.3) is 0 Å². The van der Waals surface area contributed by atoms with Crippen molar-refractivity contribution in [1.29, 1.82) is 0 Å². The maximum absolute atomic E-state index is 12.4. The van der Waals surface area contributed by atoms with E-state index < -0.39 is 0 Å². The normalized spacial score (nSPS) is 11.8. The molecule has 8 heteroatoms. The van der Waals surface area contributed by atoms with Crippen molar-refractivity contribution in [2.45, 2.75) is 32.0 Å². The molecule has 158 valence electrons. The minimum atomic E-state index is -0.336. The highest BCUT2D eigenvalue weighted by atomic mass is 32.2. The van der Waals surface area contributed by atoms with Crippen molar-refractivity contribution in [3.05, 3.63) is 59.4 Å². The quantitative estimate of drug-likeness (QED) is 0.541. The van der Waals surface area contributed by atoms with Gasteiger partial charge < -0.3 is 19.4 Å². The van der Waals surface area contributed by atoms with Crippen molar-refractivity contribution in [3.63, 3.8) is 0 Å². The summed E-state index contributed by atoms with van der Waals surface area (Å²) >= 11 is 1.33. The van der Waals surface area contributed by atoms with E-state index in [0.29, 0.717) is 22.5 Å². The lowest BCUT2D eigenvalue weighted by molar-refractivity contribution is -0.113. The number of rotatable bonds is 8. The van der Waals surface area contributed by atoms with E-state index in [1.54, 1.807) is 7.11 Å². The first-order chi connectivity index (χ1) is 14.4. The molecule has 0 aliphatic carbocycles. The Kier molecular flexibility index (Phi) is 6.99. The Hall–Kier alpha value is -3.00. The van der Waals surface area contributed by atoms with Gasteiger partial charge in [0.05, 0.1) is 12.9 Å². The van der Waals surface area contributed by atoms with Gasteiger partial charge in [-0.3, -0.25) is 4.79 Å². The number of hydrogen-bond acceptors (Lipinski definition) is 6. The Labute approximate surface area is 180 Å². The topological polar surface area (TPSA) is 78.3 Å². The predicted octanol–water partition coefficient (Wildman–Crippen LogP) is 4.31.